The summed E-state index contributed by atoms with van der Waals surface area (Å²) in [4.78, 5) is 16.5. The van der Waals surface area contributed by atoms with Crippen LogP contribution in [0.25, 0.3) is 11.8 Å². The monoisotopic (exact) mass is 521 g/mol. The number of rotatable bonds is 8. The Morgan fingerprint density at radius 2 is 1.62 bits per heavy atom. The Morgan fingerprint density at radius 1 is 0.923 bits per heavy atom. The van der Waals surface area contributed by atoms with Gasteiger partial charge in [-0.2, -0.15) is 4.68 Å². The number of carbonyl (C=O) groups excluding carboxylic acids is 1. The largest absolute Gasteiger partial charge is 0.326 e. The molecule has 1 atom stereocenters. The first-order valence-electron chi connectivity index (χ1n) is 13.4. The van der Waals surface area contributed by atoms with E-state index < -0.39 is 0 Å². The van der Waals surface area contributed by atoms with Gasteiger partial charge in [0.05, 0.1) is 11.7 Å². The number of nitrogens with one attached hydrogen (secondary N) is 1. The van der Waals surface area contributed by atoms with Crippen molar-refractivity contribution in [3.05, 3.63) is 107 Å². The Bertz CT molecular complexity index is 1400. The highest BCUT2D eigenvalue weighted by Crippen LogP contribution is 2.31. The van der Waals surface area contributed by atoms with Gasteiger partial charge in [0.15, 0.2) is 5.82 Å². The number of aromatic nitrogens is 4. The molecule has 1 aliphatic rings. The topological polar surface area (TPSA) is 79.2 Å². The smallest absolute Gasteiger partial charge is 0.221 e. The number of carbonyl (C=O) groups is 1. The van der Waals surface area contributed by atoms with Gasteiger partial charge in [-0.25, -0.2) is 0 Å². The van der Waals surface area contributed by atoms with Crippen molar-refractivity contribution < 1.29 is 4.79 Å². The summed E-state index contributed by atoms with van der Waals surface area (Å²) in [6, 6.07) is 24.5. The van der Waals surface area contributed by atoms with Gasteiger partial charge in [0.25, 0.3) is 0 Å². The first-order valence-corrected chi connectivity index (χ1v) is 13.4. The number of para-hydroxylation sites is 1. The van der Waals surface area contributed by atoms with Crippen LogP contribution in [0.2, 0.25) is 0 Å². The predicted molar refractivity (Wildman–Crippen MR) is 155 cm³/mol. The molecule has 0 saturated carbocycles. The van der Waals surface area contributed by atoms with Crippen molar-refractivity contribution in [1.82, 2.24) is 30.0 Å². The molecule has 2 heterocycles. The number of anilines is 1. The lowest BCUT2D eigenvalue weighted by Gasteiger charge is -2.38. The van der Waals surface area contributed by atoms with Crippen LogP contribution in [0.5, 0.6) is 0 Å². The molecule has 1 saturated heterocycles. The van der Waals surface area contributed by atoms with Gasteiger partial charge in [0, 0.05) is 45.3 Å². The van der Waals surface area contributed by atoms with Crippen LogP contribution in [0.15, 0.2) is 78.9 Å². The van der Waals surface area contributed by atoms with Gasteiger partial charge in [-0.1, -0.05) is 72.8 Å². The van der Waals surface area contributed by atoms with Gasteiger partial charge in [-0.3, -0.25) is 14.6 Å². The van der Waals surface area contributed by atoms with Gasteiger partial charge in [-0.15, -0.1) is 5.10 Å². The maximum absolute atomic E-state index is 11.6. The molecule has 0 spiro atoms. The summed E-state index contributed by atoms with van der Waals surface area (Å²) in [5, 5.41) is 16.0. The molecule has 3 aromatic carbocycles. The molecule has 4 aromatic rings. The van der Waals surface area contributed by atoms with Crippen LogP contribution in [0.3, 0.4) is 0 Å². The number of tetrazole rings is 1. The third-order valence-electron chi connectivity index (χ3n) is 7.18. The minimum Gasteiger partial charge on any atom is -0.326 e. The van der Waals surface area contributed by atoms with E-state index in [9.17, 15) is 4.79 Å². The van der Waals surface area contributed by atoms with E-state index in [4.69, 9.17) is 0 Å². The number of amides is 1. The molecule has 0 unspecified atom stereocenters. The van der Waals surface area contributed by atoms with E-state index in [2.05, 4.69) is 111 Å². The first-order chi connectivity index (χ1) is 19.0. The van der Waals surface area contributed by atoms with Crippen LogP contribution < -0.4 is 5.32 Å². The molecular weight excluding hydrogens is 486 g/mol. The van der Waals surface area contributed by atoms with Gasteiger partial charge in [-0.05, 0) is 58.7 Å². The lowest BCUT2D eigenvalue weighted by Crippen LogP contribution is -2.48. The van der Waals surface area contributed by atoms with Crippen molar-refractivity contribution in [2.24, 2.45) is 0 Å². The molecule has 1 fully saturated rings. The van der Waals surface area contributed by atoms with E-state index in [0.717, 1.165) is 66.6 Å². The molecule has 5 rings (SSSR count). The molecule has 8 nitrogen and oxygen atoms in total. The molecule has 0 radical (unpaired) electrons. The third-order valence-corrected chi connectivity index (χ3v) is 7.18. The normalized spacial score (nSPS) is 15.5. The zero-order valence-electron chi connectivity index (χ0n) is 22.8. The van der Waals surface area contributed by atoms with Crippen molar-refractivity contribution >= 4 is 17.7 Å². The van der Waals surface area contributed by atoms with Crippen molar-refractivity contribution in [2.45, 2.75) is 26.8 Å². The molecule has 8 heteroatoms. The van der Waals surface area contributed by atoms with Crippen LogP contribution in [-0.4, -0.2) is 68.6 Å². The first kappa shape index (κ1) is 26.5. The van der Waals surface area contributed by atoms with E-state index in [1.54, 1.807) is 0 Å². The summed E-state index contributed by atoms with van der Waals surface area (Å²) in [6.45, 7) is 10.3. The Balaban J connectivity index is 1.40. The van der Waals surface area contributed by atoms with Crippen molar-refractivity contribution in [1.29, 1.82) is 0 Å². The highest BCUT2D eigenvalue weighted by molar-refractivity contribution is 5.88. The Kier molecular flexibility index (Phi) is 8.24. The number of piperazine rings is 1. The molecule has 0 aliphatic carbocycles. The van der Waals surface area contributed by atoms with Crippen LogP contribution in [0, 0.1) is 13.8 Å². The zero-order chi connectivity index (χ0) is 27.2. The van der Waals surface area contributed by atoms with Gasteiger partial charge in [0.2, 0.25) is 5.91 Å². The van der Waals surface area contributed by atoms with Crippen LogP contribution in [0.4, 0.5) is 5.69 Å². The molecule has 1 aliphatic heterocycles. The van der Waals surface area contributed by atoms with Crippen LogP contribution in [-0.2, 0) is 4.79 Å². The van der Waals surface area contributed by atoms with E-state index in [0.29, 0.717) is 0 Å². The molecule has 1 amide bonds. The Hall–Kier alpha value is -4.14. The fraction of sp³-hybridized carbons (Fsp3) is 0.290. The predicted octanol–water partition coefficient (Wildman–Crippen LogP) is 4.66. The second kappa shape index (κ2) is 12.1. The highest BCUT2D eigenvalue weighted by Gasteiger charge is 2.31. The lowest BCUT2D eigenvalue weighted by molar-refractivity contribution is -0.114. The second-order valence-corrected chi connectivity index (χ2v) is 10.0. The Morgan fingerprint density at radius 3 is 2.28 bits per heavy atom. The number of hydrogen-bond acceptors (Lipinski definition) is 6. The number of benzene rings is 3. The lowest BCUT2D eigenvalue weighted by atomic mass is 10.0. The maximum atomic E-state index is 11.6. The molecule has 1 N–H and O–H groups in total. The summed E-state index contributed by atoms with van der Waals surface area (Å²) in [6.07, 6.45) is 4.43. The van der Waals surface area contributed by atoms with Crippen molar-refractivity contribution in [3.8, 4) is 5.69 Å². The van der Waals surface area contributed by atoms with Gasteiger partial charge < -0.3 is 5.32 Å². The third kappa shape index (κ3) is 6.30. The maximum Gasteiger partial charge on any atom is 0.221 e. The summed E-state index contributed by atoms with van der Waals surface area (Å²) < 4.78 is 1.89. The minimum atomic E-state index is -0.132. The minimum absolute atomic E-state index is 0.0873. The number of nitrogens with zero attached hydrogens (tertiary/aromatic N) is 6. The number of aryl methyl sites for hydroxylation is 2. The van der Waals surface area contributed by atoms with Crippen LogP contribution >= 0.6 is 0 Å². The summed E-state index contributed by atoms with van der Waals surface area (Å²) in [5.41, 5.74) is 6.34. The van der Waals surface area contributed by atoms with Crippen LogP contribution in [0.1, 0.15) is 41.0 Å². The fourth-order valence-electron chi connectivity index (χ4n) is 5.24. The van der Waals surface area contributed by atoms with E-state index in [1.165, 1.54) is 12.5 Å². The molecule has 0 bridgehead atoms. The standard InChI is InChI=1S/C31H35N7O/c1-23-9-7-10-24(2)29(23)38-31(33-34-35-38)30(27-14-16-28(17-15-27)32-25(3)39)37-21-19-36(20-22-37)18-8-13-26-11-5-4-6-12-26/h4-17,30H,18-22H2,1-3H3,(H,32,39)/b13-8+/t30-/m1/s1. The summed E-state index contributed by atoms with van der Waals surface area (Å²) in [5.74, 6) is 0.702. The van der Waals surface area contributed by atoms with E-state index in [-0.39, 0.29) is 11.9 Å². The highest BCUT2D eigenvalue weighted by atomic mass is 16.1. The molecule has 1 aromatic heterocycles. The Labute approximate surface area is 230 Å². The quantitative estimate of drug-likeness (QED) is 0.363. The molecular formula is C31H35N7O. The van der Waals surface area contributed by atoms with Gasteiger partial charge >= 0.3 is 0 Å². The fourth-order valence-corrected chi connectivity index (χ4v) is 5.24. The van der Waals surface area contributed by atoms with E-state index >= 15 is 0 Å². The molecule has 39 heavy (non-hydrogen) atoms. The van der Waals surface area contributed by atoms with E-state index in [1.807, 2.05) is 22.9 Å². The summed E-state index contributed by atoms with van der Waals surface area (Å²) >= 11 is 0. The van der Waals surface area contributed by atoms with Gasteiger partial charge in [0.1, 0.15) is 0 Å². The number of hydrogen-bond donors (Lipinski definition) is 1. The molecule has 200 valence electrons. The zero-order valence-corrected chi connectivity index (χ0v) is 22.8. The van der Waals surface area contributed by atoms with Crippen molar-refractivity contribution in [2.75, 3.05) is 38.0 Å². The second-order valence-electron chi connectivity index (χ2n) is 10.0. The summed E-state index contributed by atoms with van der Waals surface area (Å²) in [7, 11) is 0. The SMILES string of the molecule is CC(=O)Nc1ccc([C@H](c2nnnn2-c2c(C)cccc2C)N2CCN(C/C=C/c3ccccc3)CC2)cc1. The van der Waals surface area contributed by atoms with Crippen molar-refractivity contribution in [3.63, 3.8) is 0 Å². The average molecular weight is 522 g/mol. The average Bonchev–Trinajstić information content (AvgIpc) is 3.40.